The van der Waals surface area contributed by atoms with Gasteiger partial charge in [0.15, 0.2) is 0 Å². The van der Waals surface area contributed by atoms with Crippen LogP contribution in [0.2, 0.25) is 0 Å². The van der Waals surface area contributed by atoms with Crippen molar-refractivity contribution in [2.75, 3.05) is 13.2 Å². The van der Waals surface area contributed by atoms with Crippen LogP contribution in [0.5, 0.6) is 23.0 Å². The number of unbranched alkanes of at least 4 members (excludes halogenated alkanes) is 18. The molecule has 0 spiro atoms. The van der Waals surface area contributed by atoms with Crippen LogP contribution in [-0.2, 0) is 0 Å². The van der Waals surface area contributed by atoms with E-state index in [-0.39, 0.29) is 11.5 Å². The van der Waals surface area contributed by atoms with Crippen LogP contribution < -0.4 is 9.47 Å². The molecule has 2 N–H and O–H groups in total. The van der Waals surface area contributed by atoms with E-state index in [4.69, 9.17) is 9.47 Å². The molecule has 4 nitrogen and oxygen atoms in total. The summed E-state index contributed by atoms with van der Waals surface area (Å²) in [4.78, 5) is 0. The Kier molecular flexibility index (Phi) is 21.4. The highest BCUT2D eigenvalue weighted by Crippen LogP contribution is 2.33. The molecule has 0 aliphatic rings. The Balaban J connectivity index is 1.67. The molecule has 0 aliphatic heterocycles. The van der Waals surface area contributed by atoms with E-state index in [0.717, 1.165) is 46.6 Å². The Morgan fingerprint density at radius 3 is 1.02 bits per heavy atom. The first-order chi connectivity index (χ1) is 24.6. The van der Waals surface area contributed by atoms with Crippen molar-refractivity contribution in [1.82, 2.24) is 0 Å². The van der Waals surface area contributed by atoms with Crippen molar-refractivity contribution in [2.45, 2.75) is 142 Å². The molecular formula is C46H66O4. The summed E-state index contributed by atoms with van der Waals surface area (Å²) in [6, 6.07) is 18.7. The van der Waals surface area contributed by atoms with Crippen LogP contribution in [0.3, 0.4) is 0 Å². The minimum Gasteiger partial charge on any atom is -0.508 e. The molecule has 274 valence electrons. The number of aromatic hydroxyl groups is 2. The molecule has 3 rings (SSSR count). The van der Waals surface area contributed by atoms with Crippen molar-refractivity contribution in [3.63, 3.8) is 0 Å². The van der Waals surface area contributed by atoms with Gasteiger partial charge in [-0.25, -0.2) is 0 Å². The average molecular weight is 683 g/mol. The Morgan fingerprint density at radius 2 is 0.700 bits per heavy atom. The van der Waals surface area contributed by atoms with E-state index in [1.54, 1.807) is 24.3 Å². The van der Waals surface area contributed by atoms with Gasteiger partial charge in [-0.2, -0.15) is 0 Å². The van der Waals surface area contributed by atoms with Crippen molar-refractivity contribution < 1.29 is 19.7 Å². The highest BCUT2D eigenvalue weighted by Gasteiger charge is 2.11. The zero-order valence-corrected chi connectivity index (χ0v) is 31.4. The smallest absolute Gasteiger partial charge is 0.127 e. The number of hydrogen-bond acceptors (Lipinski definition) is 4. The maximum atomic E-state index is 9.75. The van der Waals surface area contributed by atoms with E-state index in [2.05, 4.69) is 50.3 Å². The number of ether oxygens (including phenoxy) is 2. The fourth-order valence-electron chi connectivity index (χ4n) is 6.19. The Morgan fingerprint density at radius 1 is 0.400 bits per heavy atom. The molecule has 0 aromatic heterocycles. The monoisotopic (exact) mass is 682 g/mol. The van der Waals surface area contributed by atoms with Gasteiger partial charge >= 0.3 is 0 Å². The van der Waals surface area contributed by atoms with Crippen LogP contribution in [0.4, 0.5) is 0 Å². The first kappa shape index (κ1) is 40.8. The van der Waals surface area contributed by atoms with Gasteiger partial charge < -0.3 is 19.7 Å². The van der Waals surface area contributed by atoms with Crippen LogP contribution in [0.15, 0.2) is 60.7 Å². The molecule has 0 saturated heterocycles. The molecule has 0 saturated carbocycles. The van der Waals surface area contributed by atoms with Crippen molar-refractivity contribution in [3.8, 4) is 23.0 Å². The Labute approximate surface area is 304 Å². The van der Waals surface area contributed by atoms with E-state index < -0.39 is 0 Å². The van der Waals surface area contributed by atoms with Gasteiger partial charge in [0.05, 0.1) is 13.2 Å². The van der Waals surface area contributed by atoms with Gasteiger partial charge in [0.1, 0.15) is 23.0 Å². The van der Waals surface area contributed by atoms with Crippen molar-refractivity contribution >= 4 is 24.3 Å². The summed E-state index contributed by atoms with van der Waals surface area (Å²) >= 11 is 0. The van der Waals surface area contributed by atoms with E-state index in [0.29, 0.717) is 13.2 Å². The number of phenols is 2. The first-order valence-corrected chi connectivity index (χ1v) is 20.0. The maximum Gasteiger partial charge on any atom is 0.127 e. The van der Waals surface area contributed by atoms with E-state index in [9.17, 15) is 10.2 Å². The topological polar surface area (TPSA) is 58.9 Å². The Bertz CT molecular complexity index is 1230. The van der Waals surface area contributed by atoms with Crippen molar-refractivity contribution in [1.29, 1.82) is 0 Å². The molecule has 0 heterocycles. The normalized spacial score (nSPS) is 11.6. The van der Waals surface area contributed by atoms with Gasteiger partial charge in [-0.05, 0) is 60.4 Å². The number of hydrogen-bond donors (Lipinski definition) is 2. The molecular weight excluding hydrogens is 617 g/mol. The zero-order chi connectivity index (χ0) is 35.5. The molecule has 0 atom stereocenters. The lowest BCUT2D eigenvalue weighted by molar-refractivity contribution is 0.295. The standard InChI is InChI=1S/C46H66O4/c1-3-5-7-9-11-13-15-17-19-21-35-49-45-37-42(30-24-40-27-33-44(48)34-28-40)46(38-41(45)29-23-39-25-31-43(47)32-26-39)50-36-22-20-18-16-14-12-10-8-6-4-2/h23-34,37-38,47-48H,3-22,35-36H2,1-2H3. The van der Waals surface area contributed by atoms with Crippen LogP contribution in [0, 0.1) is 0 Å². The molecule has 4 heteroatoms. The molecule has 0 bridgehead atoms. The highest BCUT2D eigenvalue weighted by atomic mass is 16.5. The fraction of sp³-hybridized carbons (Fsp3) is 0.522. The van der Waals surface area contributed by atoms with E-state index >= 15 is 0 Å². The lowest BCUT2D eigenvalue weighted by Gasteiger charge is -2.16. The predicted octanol–water partition coefficient (Wildman–Crippen LogP) is 14.0. The molecule has 0 fully saturated rings. The summed E-state index contributed by atoms with van der Waals surface area (Å²) in [7, 11) is 0. The fourth-order valence-corrected chi connectivity index (χ4v) is 6.19. The summed E-state index contributed by atoms with van der Waals surface area (Å²) < 4.78 is 13.0. The predicted molar refractivity (Wildman–Crippen MR) is 215 cm³/mol. The zero-order valence-electron chi connectivity index (χ0n) is 31.4. The third kappa shape index (κ3) is 17.8. The first-order valence-electron chi connectivity index (χ1n) is 20.0. The summed E-state index contributed by atoms with van der Waals surface area (Å²) in [5.41, 5.74) is 3.97. The van der Waals surface area contributed by atoms with Gasteiger partial charge in [0, 0.05) is 11.1 Å². The maximum absolute atomic E-state index is 9.75. The van der Waals surface area contributed by atoms with Gasteiger partial charge in [-0.15, -0.1) is 0 Å². The molecule has 3 aromatic carbocycles. The van der Waals surface area contributed by atoms with Crippen molar-refractivity contribution in [2.24, 2.45) is 0 Å². The SMILES string of the molecule is CCCCCCCCCCCCOc1cc(C=Cc2ccc(O)cc2)c(OCCCCCCCCCCCC)cc1C=Cc1ccc(O)cc1. The summed E-state index contributed by atoms with van der Waals surface area (Å²) in [6.07, 6.45) is 34.1. The average Bonchev–Trinajstić information content (AvgIpc) is 3.13. The Hall–Kier alpha value is -3.66. The largest absolute Gasteiger partial charge is 0.508 e. The van der Waals surface area contributed by atoms with Gasteiger partial charge in [-0.3, -0.25) is 0 Å². The second-order valence-corrected chi connectivity index (χ2v) is 13.8. The summed E-state index contributed by atoms with van der Waals surface area (Å²) in [5, 5.41) is 19.5. The van der Waals surface area contributed by atoms with E-state index in [1.807, 2.05) is 24.3 Å². The van der Waals surface area contributed by atoms with Crippen LogP contribution >= 0.6 is 0 Å². The molecule has 0 unspecified atom stereocenters. The summed E-state index contributed by atoms with van der Waals surface area (Å²) in [6.45, 7) is 5.90. The van der Waals surface area contributed by atoms with Crippen LogP contribution in [0.1, 0.15) is 165 Å². The van der Waals surface area contributed by atoms with E-state index in [1.165, 1.54) is 116 Å². The van der Waals surface area contributed by atoms with Gasteiger partial charge in [0.2, 0.25) is 0 Å². The molecule has 0 aliphatic carbocycles. The summed E-state index contributed by atoms with van der Waals surface area (Å²) in [5.74, 6) is 2.20. The lowest BCUT2D eigenvalue weighted by Crippen LogP contribution is -2.03. The van der Waals surface area contributed by atoms with Crippen molar-refractivity contribution in [3.05, 3.63) is 82.9 Å². The molecule has 50 heavy (non-hydrogen) atoms. The minimum atomic E-state index is 0.259. The number of phenolic OH excluding ortho intramolecular Hbond substituents is 2. The van der Waals surface area contributed by atoms with Crippen LogP contribution in [0.25, 0.3) is 24.3 Å². The minimum absolute atomic E-state index is 0.259. The molecule has 0 amide bonds. The van der Waals surface area contributed by atoms with Crippen LogP contribution in [-0.4, -0.2) is 23.4 Å². The highest BCUT2D eigenvalue weighted by molar-refractivity contribution is 5.79. The second kappa shape index (κ2) is 26.2. The third-order valence-electron chi connectivity index (χ3n) is 9.35. The molecule has 3 aromatic rings. The van der Waals surface area contributed by atoms with Gasteiger partial charge in [-0.1, -0.05) is 178 Å². The third-order valence-corrected chi connectivity index (χ3v) is 9.35. The molecule has 0 radical (unpaired) electrons. The van der Waals surface area contributed by atoms with Gasteiger partial charge in [0.25, 0.3) is 0 Å². The number of benzene rings is 3. The second-order valence-electron chi connectivity index (χ2n) is 13.8. The quantitative estimate of drug-likeness (QED) is 0.0591. The lowest BCUT2D eigenvalue weighted by atomic mass is 10.0. The number of rotatable bonds is 28.